The fourth-order valence-electron chi connectivity index (χ4n) is 1.89. The number of methoxy groups -OCH3 is 2. The Kier molecular flexibility index (Phi) is 5.34. The molecule has 0 spiro atoms. The van der Waals surface area contributed by atoms with Gasteiger partial charge in [0.05, 0.1) is 26.1 Å². The highest BCUT2D eigenvalue weighted by molar-refractivity contribution is 5.42. The van der Waals surface area contributed by atoms with E-state index in [0.717, 1.165) is 12.2 Å². The summed E-state index contributed by atoms with van der Waals surface area (Å²) >= 11 is 0. The Morgan fingerprint density at radius 2 is 1.95 bits per heavy atom. The van der Waals surface area contributed by atoms with Crippen molar-refractivity contribution in [3.63, 3.8) is 0 Å². The lowest BCUT2D eigenvalue weighted by Crippen LogP contribution is -2.07. The first-order chi connectivity index (χ1) is 10.3. The fourth-order valence-corrected chi connectivity index (χ4v) is 1.89. The van der Waals surface area contributed by atoms with Gasteiger partial charge in [-0.2, -0.15) is 0 Å². The molecule has 0 amide bonds. The van der Waals surface area contributed by atoms with Crippen LogP contribution in [0.5, 0.6) is 17.2 Å². The van der Waals surface area contributed by atoms with E-state index >= 15 is 0 Å². The Hall–Kier alpha value is -2.34. The predicted octanol–water partition coefficient (Wildman–Crippen LogP) is 1.79. The second-order valence-electron chi connectivity index (χ2n) is 4.30. The van der Waals surface area contributed by atoms with E-state index in [-0.39, 0.29) is 6.61 Å². The maximum Gasteiger partial charge on any atom is 0.185 e. The molecule has 0 aliphatic heterocycles. The molecule has 21 heavy (non-hydrogen) atoms. The number of nitrogens with zero attached hydrogens (tertiary/aromatic N) is 2. The van der Waals surface area contributed by atoms with E-state index in [1.54, 1.807) is 32.7 Å². The number of rotatable bonds is 7. The molecule has 2 rings (SSSR count). The summed E-state index contributed by atoms with van der Waals surface area (Å²) < 4.78 is 16.2. The smallest absolute Gasteiger partial charge is 0.185 e. The average molecular weight is 289 g/mol. The van der Waals surface area contributed by atoms with Crippen LogP contribution in [0.3, 0.4) is 0 Å². The van der Waals surface area contributed by atoms with Crippen molar-refractivity contribution in [2.75, 3.05) is 21.3 Å². The summed E-state index contributed by atoms with van der Waals surface area (Å²) in [6.07, 6.45) is 3.35. The van der Waals surface area contributed by atoms with Crippen LogP contribution in [0.15, 0.2) is 30.6 Å². The Balaban J connectivity index is 2.05. The highest BCUT2D eigenvalue weighted by Crippen LogP contribution is 2.29. The van der Waals surface area contributed by atoms with Crippen molar-refractivity contribution in [2.45, 2.75) is 13.2 Å². The number of nitrogens with one attached hydrogen (secondary N) is 1. The quantitative estimate of drug-likeness (QED) is 0.838. The summed E-state index contributed by atoms with van der Waals surface area (Å²) in [7, 11) is 5.05. The van der Waals surface area contributed by atoms with Gasteiger partial charge in [-0.05, 0) is 19.2 Å². The summed E-state index contributed by atoms with van der Waals surface area (Å²) in [6, 6.07) is 5.55. The maximum atomic E-state index is 5.69. The summed E-state index contributed by atoms with van der Waals surface area (Å²) in [5.41, 5.74) is 1.64. The van der Waals surface area contributed by atoms with Crippen molar-refractivity contribution in [1.29, 1.82) is 0 Å². The highest BCUT2D eigenvalue weighted by atomic mass is 16.5. The van der Waals surface area contributed by atoms with Crippen LogP contribution in [-0.4, -0.2) is 31.2 Å². The van der Waals surface area contributed by atoms with Crippen LogP contribution in [0.25, 0.3) is 0 Å². The van der Waals surface area contributed by atoms with Gasteiger partial charge in [0.15, 0.2) is 11.5 Å². The monoisotopic (exact) mass is 289 g/mol. The molecule has 112 valence electrons. The van der Waals surface area contributed by atoms with Gasteiger partial charge in [0.1, 0.15) is 18.1 Å². The summed E-state index contributed by atoms with van der Waals surface area (Å²) in [5.74, 6) is 1.90. The lowest BCUT2D eigenvalue weighted by molar-refractivity contribution is 0.283. The lowest BCUT2D eigenvalue weighted by atomic mass is 10.3. The van der Waals surface area contributed by atoms with Crippen molar-refractivity contribution in [2.24, 2.45) is 0 Å². The van der Waals surface area contributed by atoms with Crippen LogP contribution in [0.4, 0.5) is 0 Å². The van der Waals surface area contributed by atoms with Crippen molar-refractivity contribution in [1.82, 2.24) is 15.3 Å². The molecule has 0 aliphatic rings. The van der Waals surface area contributed by atoms with E-state index in [1.165, 1.54) is 0 Å². The summed E-state index contributed by atoms with van der Waals surface area (Å²) in [4.78, 5) is 8.55. The van der Waals surface area contributed by atoms with Gasteiger partial charge in [0.25, 0.3) is 0 Å². The van der Waals surface area contributed by atoms with Gasteiger partial charge >= 0.3 is 0 Å². The van der Waals surface area contributed by atoms with Crippen LogP contribution in [-0.2, 0) is 13.2 Å². The van der Waals surface area contributed by atoms with Gasteiger partial charge in [-0.1, -0.05) is 0 Å². The van der Waals surface area contributed by atoms with Gasteiger partial charge in [-0.25, -0.2) is 0 Å². The van der Waals surface area contributed by atoms with Gasteiger partial charge in [0, 0.05) is 18.8 Å². The zero-order valence-corrected chi connectivity index (χ0v) is 12.4. The number of aromatic nitrogens is 2. The summed E-state index contributed by atoms with van der Waals surface area (Å²) in [5, 5.41) is 3.05. The molecule has 0 fully saturated rings. The predicted molar refractivity (Wildman–Crippen MR) is 78.7 cm³/mol. The van der Waals surface area contributed by atoms with Crippen LogP contribution in [0.2, 0.25) is 0 Å². The highest BCUT2D eigenvalue weighted by Gasteiger charge is 2.11. The first-order valence-electron chi connectivity index (χ1n) is 6.56. The Morgan fingerprint density at radius 1 is 1.10 bits per heavy atom. The van der Waals surface area contributed by atoms with Gasteiger partial charge in [-0.15, -0.1) is 0 Å². The summed E-state index contributed by atoms with van der Waals surface area (Å²) in [6.45, 7) is 1.01. The van der Waals surface area contributed by atoms with Crippen LogP contribution >= 0.6 is 0 Å². The molecule has 1 N–H and O–H groups in total. The number of hydrogen-bond acceptors (Lipinski definition) is 6. The first-order valence-corrected chi connectivity index (χ1v) is 6.56. The van der Waals surface area contributed by atoms with E-state index in [9.17, 15) is 0 Å². The number of pyridine rings is 2. The standard InChI is InChI=1S/C15H19N3O3/c1-16-8-11-4-5-12(9-18-11)21-10-13-15(20-3)14(19-2)6-7-17-13/h4-7,9,16H,8,10H2,1-3H3. The zero-order valence-electron chi connectivity index (χ0n) is 12.4. The van der Waals surface area contributed by atoms with Gasteiger partial charge in [0.2, 0.25) is 0 Å². The molecule has 0 unspecified atom stereocenters. The normalized spacial score (nSPS) is 10.2. The molecule has 0 aromatic carbocycles. The van der Waals surface area contributed by atoms with Crippen molar-refractivity contribution in [3.8, 4) is 17.2 Å². The van der Waals surface area contributed by atoms with Crippen molar-refractivity contribution >= 4 is 0 Å². The third-order valence-corrected chi connectivity index (χ3v) is 2.90. The minimum Gasteiger partial charge on any atom is -0.493 e. The SMILES string of the molecule is CNCc1ccc(OCc2nccc(OC)c2OC)cn1. The average Bonchev–Trinajstić information content (AvgIpc) is 2.54. The largest absolute Gasteiger partial charge is 0.493 e. The van der Waals surface area contributed by atoms with Gasteiger partial charge in [-0.3, -0.25) is 9.97 Å². The fraction of sp³-hybridized carbons (Fsp3) is 0.333. The maximum absolute atomic E-state index is 5.69. The van der Waals surface area contributed by atoms with E-state index in [2.05, 4.69) is 15.3 Å². The molecule has 2 aromatic rings. The second kappa shape index (κ2) is 7.44. The molecule has 2 heterocycles. The molecule has 0 saturated carbocycles. The molecular weight excluding hydrogens is 270 g/mol. The molecule has 0 saturated heterocycles. The van der Waals surface area contributed by atoms with Crippen LogP contribution < -0.4 is 19.5 Å². The first kappa shape index (κ1) is 15.1. The Bertz CT molecular complexity index is 573. The van der Waals surface area contributed by atoms with E-state index in [4.69, 9.17) is 14.2 Å². The third-order valence-electron chi connectivity index (χ3n) is 2.90. The second-order valence-corrected chi connectivity index (χ2v) is 4.30. The lowest BCUT2D eigenvalue weighted by Gasteiger charge is -2.12. The zero-order chi connectivity index (χ0) is 15.1. The van der Waals surface area contributed by atoms with E-state index < -0.39 is 0 Å². The minimum atomic E-state index is 0.285. The molecule has 6 heteroatoms. The molecule has 6 nitrogen and oxygen atoms in total. The van der Waals surface area contributed by atoms with Crippen molar-refractivity contribution in [3.05, 3.63) is 42.0 Å². The molecule has 0 radical (unpaired) electrons. The molecular formula is C15H19N3O3. The third kappa shape index (κ3) is 3.82. The minimum absolute atomic E-state index is 0.285. The molecule has 0 bridgehead atoms. The number of hydrogen-bond donors (Lipinski definition) is 1. The van der Waals surface area contributed by atoms with E-state index in [1.807, 2.05) is 19.2 Å². The molecule has 0 atom stereocenters. The Labute approximate surface area is 124 Å². The van der Waals surface area contributed by atoms with Gasteiger partial charge < -0.3 is 19.5 Å². The topological polar surface area (TPSA) is 65.5 Å². The van der Waals surface area contributed by atoms with Crippen molar-refractivity contribution < 1.29 is 14.2 Å². The number of ether oxygens (including phenoxy) is 3. The molecule has 0 aliphatic carbocycles. The Morgan fingerprint density at radius 3 is 2.57 bits per heavy atom. The van der Waals surface area contributed by atoms with E-state index in [0.29, 0.717) is 22.9 Å². The molecule has 2 aromatic heterocycles. The van der Waals surface area contributed by atoms with Crippen LogP contribution in [0.1, 0.15) is 11.4 Å². The van der Waals surface area contributed by atoms with Crippen LogP contribution in [0, 0.1) is 0 Å².